The van der Waals surface area contributed by atoms with Crippen LogP contribution in [0.5, 0.6) is 0 Å². The van der Waals surface area contributed by atoms with Crippen molar-refractivity contribution in [3.05, 3.63) is 129 Å². The van der Waals surface area contributed by atoms with Crippen molar-refractivity contribution in [3.63, 3.8) is 0 Å². The fourth-order valence-corrected chi connectivity index (χ4v) is 6.85. The first-order chi connectivity index (χ1) is 20.5. The third kappa shape index (κ3) is 5.12. The van der Waals surface area contributed by atoms with E-state index in [9.17, 15) is 14.4 Å². The van der Waals surface area contributed by atoms with Crippen molar-refractivity contribution in [3.8, 4) is 0 Å². The Morgan fingerprint density at radius 3 is 2.16 bits per heavy atom. The third-order valence-corrected chi connectivity index (χ3v) is 9.39. The molecule has 0 unspecified atom stereocenters. The summed E-state index contributed by atoms with van der Waals surface area (Å²) in [5.74, 6) is -1.60. The topological polar surface area (TPSA) is 57.7 Å². The third-order valence-electron chi connectivity index (χ3n) is 8.86. The van der Waals surface area contributed by atoms with Crippen LogP contribution in [0.25, 0.3) is 0 Å². The van der Waals surface area contributed by atoms with E-state index in [4.69, 9.17) is 0 Å². The number of carbonyl (C=O) groups is 3. The van der Waals surface area contributed by atoms with Crippen LogP contribution >= 0.6 is 15.9 Å². The van der Waals surface area contributed by atoms with Crippen LogP contribution in [0.15, 0.2) is 102 Å². The smallest absolute Gasteiger partial charge is 0.239 e. The van der Waals surface area contributed by atoms with E-state index in [0.717, 1.165) is 38.0 Å². The second kappa shape index (κ2) is 10.9. The summed E-state index contributed by atoms with van der Waals surface area (Å²) in [7, 11) is 0. The van der Waals surface area contributed by atoms with Crippen molar-refractivity contribution in [2.75, 3.05) is 9.80 Å². The molecule has 3 amide bonds. The predicted molar refractivity (Wildman–Crippen MR) is 174 cm³/mol. The van der Waals surface area contributed by atoms with Crippen molar-refractivity contribution in [1.82, 2.24) is 0 Å². The van der Waals surface area contributed by atoms with E-state index in [1.807, 2.05) is 109 Å². The zero-order valence-electron chi connectivity index (χ0n) is 24.9. The first-order valence-corrected chi connectivity index (χ1v) is 15.5. The van der Waals surface area contributed by atoms with Gasteiger partial charge >= 0.3 is 0 Å². The Hall–Kier alpha value is -4.03. The van der Waals surface area contributed by atoms with Gasteiger partial charge in [0.05, 0.1) is 23.6 Å². The van der Waals surface area contributed by atoms with Crippen molar-refractivity contribution in [2.45, 2.75) is 57.9 Å². The summed E-state index contributed by atoms with van der Waals surface area (Å²) in [6.07, 6.45) is 0.274. The van der Waals surface area contributed by atoms with E-state index in [1.165, 1.54) is 4.90 Å². The number of imide groups is 1. The summed E-state index contributed by atoms with van der Waals surface area (Å²) in [6.45, 7) is 8.76. The number of hydrogen-bond donors (Lipinski definition) is 0. The lowest BCUT2D eigenvalue weighted by atomic mass is 9.66. The Kier molecular flexibility index (Phi) is 7.37. The van der Waals surface area contributed by atoms with Crippen LogP contribution in [0.2, 0.25) is 0 Å². The van der Waals surface area contributed by atoms with Gasteiger partial charge in [0.15, 0.2) is 0 Å². The van der Waals surface area contributed by atoms with Gasteiger partial charge in [0.25, 0.3) is 0 Å². The van der Waals surface area contributed by atoms with Crippen LogP contribution in [0.4, 0.5) is 11.4 Å². The molecule has 4 aromatic carbocycles. The molecule has 2 aliphatic heterocycles. The molecule has 43 heavy (non-hydrogen) atoms. The Labute approximate surface area is 261 Å². The average molecular weight is 636 g/mol. The van der Waals surface area contributed by atoms with Crippen molar-refractivity contribution < 1.29 is 14.4 Å². The molecule has 0 aliphatic carbocycles. The van der Waals surface area contributed by atoms with E-state index in [-0.39, 0.29) is 29.6 Å². The Bertz CT molecular complexity index is 1710. The van der Waals surface area contributed by atoms with Gasteiger partial charge in [-0.1, -0.05) is 109 Å². The molecule has 0 aromatic heterocycles. The second-order valence-corrected chi connectivity index (χ2v) is 13.7. The molecule has 2 aliphatic rings. The molecule has 2 atom stereocenters. The first-order valence-electron chi connectivity index (χ1n) is 14.7. The number of anilines is 2. The standard InChI is InChI=1S/C37H35BrN2O3/c1-24-10-19-32-30(20-24)37(22-25-11-15-28(38)16-12-25,35(43)39(32)23-26-8-6-5-7-9-26)31-21-33(41)40(34(31)42)29-17-13-27(14-18-29)36(2,3)4/h5-20,31H,21-23H2,1-4H3/t31-,37+/m0/s1. The highest BCUT2D eigenvalue weighted by Gasteiger charge is 2.61. The molecule has 4 aromatic rings. The summed E-state index contributed by atoms with van der Waals surface area (Å²) in [4.78, 5) is 46.2. The number of halogens is 1. The van der Waals surface area contributed by atoms with Gasteiger partial charge in [0.2, 0.25) is 17.7 Å². The fourth-order valence-electron chi connectivity index (χ4n) is 6.58. The van der Waals surface area contributed by atoms with Gasteiger partial charge in [0.1, 0.15) is 0 Å². The molecule has 5 nitrogen and oxygen atoms in total. The van der Waals surface area contributed by atoms with E-state index in [0.29, 0.717) is 18.7 Å². The molecule has 0 N–H and O–H groups in total. The predicted octanol–water partition coefficient (Wildman–Crippen LogP) is 7.66. The highest BCUT2D eigenvalue weighted by Crippen LogP contribution is 2.52. The van der Waals surface area contributed by atoms with Gasteiger partial charge in [-0.25, -0.2) is 0 Å². The van der Waals surface area contributed by atoms with Crippen LogP contribution in [0.3, 0.4) is 0 Å². The van der Waals surface area contributed by atoms with Gasteiger partial charge < -0.3 is 4.90 Å². The lowest BCUT2D eigenvalue weighted by Crippen LogP contribution is -2.50. The van der Waals surface area contributed by atoms with Crippen LogP contribution in [-0.2, 0) is 38.2 Å². The molecular formula is C37H35BrN2O3. The Morgan fingerprint density at radius 1 is 0.837 bits per heavy atom. The lowest BCUT2D eigenvalue weighted by molar-refractivity contribution is -0.131. The maximum Gasteiger partial charge on any atom is 0.239 e. The van der Waals surface area contributed by atoms with E-state index < -0.39 is 11.3 Å². The molecule has 0 radical (unpaired) electrons. The Morgan fingerprint density at radius 2 is 1.51 bits per heavy atom. The normalized spacial score (nSPS) is 20.2. The molecule has 218 valence electrons. The van der Waals surface area contributed by atoms with Crippen molar-refractivity contribution in [1.29, 1.82) is 0 Å². The monoisotopic (exact) mass is 634 g/mol. The maximum absolute atomic E-state index is 14.9. The Balaban J connectivity index is 1.48. The van der Waals surface area contributed by atoms with E-state index in [1.54, 1.807) is 0 Å². The van der Waals surface area contributed by atoms with Crippen LogP contribution in [0.1, 0.15) is 55.0 Å². The zero-order chi connectivity index (χ0) is 30.5. The van der Waals surface area contributed by atoms with Crippen molar-refractivity contribution in [2.24, 2.45) is 5.92 Å². The highest BCUT2D eigenvalue weighted by atomic mass is 79.9. The largest absolute Gasteiger partial charge is 0.307 e. The van der Waals surface area contributed by atoms with Gasteiger partial charge in [-0.15, -0.1) is 0 Å². The average Bonchev–Trinajstić information content (AvgIpc) is 3.40. The number of fused-ring (bicyclic) bond motifs is 1. The van der Waals surface area contributed by atoms with E-state index >= 15 is 0 Å². The number of hydrogen-bond acceptors (Lipinski definition) is 3. The van der Waals surface area contributed by atoms with Crippen LogP contribution in [0, 0.1) is 12.8 Å². The highest BCUT2D eigenvalue weighted by molar-refractivity contribution is 9.10. The number of aryl methyl sites for hydroxylation is 1. The lowest BCUT2D eigenvalue weighted by Gasteiger charge is -2.34. The quantitative estimate of drug-likeness (QED) is 0.205. The van der Waals surface area contributed by atoms with Crippen LogP contribution < -0.4 is 9.80 Å². The molecular weight excluding hydrogens is 600 g/mol. The summed E-state index contributed by atoms with van der Waals surface area (Å²) < 4.78 is 0.932. The van der Waals surface area contributed by atoms with Crippen molar-refractivity contribution >= 4 is 45.0 Å². The molecule has 0 saturated carbocycles. The summed E-state index contributed by atoms with van der Waals surface area (Å²) in [5, 5.41) is 0. The number of benzene rings is 4. The van der Waals surface area contributed by atoms with Gasteiger partial charge in [-0.2, -0.15) is 0 Å². The van der Waals surface area contributed by atoms with Gasteiger partial charge in [0, 0.05) is 16.6 Å². The minimum atomic E-state index is -1.24. The second-order valence-electron chi connectivity index (χ2n) is 12.8. The summed E-state index contributed by atoms with van der Waals surface area (Å²) in [6, 6.07) is 31.4. The molecule has 6 heteroatoms. The molecule has 1 fully saturated rings. The number of rotatable bonds is 6. The number of amides is 3. The minimum absolute atomic E-state index is 0.0331. The van der Waals surface area contributed by atoms with Crippen LogP contribution in [-0.4, -0.2) is 17.7 Å². The fraction of sp³-hybridized carbons (Fsp3) is 0.270. The molecule has 2 heterocycles. The van der Waals surface area contributed by atoms with E-state index in [2.05, 4.69) is 36.7 Å². The summed E-state index contributed by atoms with van der Waals surface area (Å²) >= 11 is 3.52. The maximum atomic E-state index is 14.9. The van der Waals surface area contributed by atoms with Gasteiger partial charge in [-0.3, -0.25) is 19.3 Å². The zero-order valence-corrected chi connectivity index (χ0v) is 26.5. The molecule has 6 rings (SSSR count). The number of carbonyl (C=O) groups excluding carboxylic acids is 3. The SMILES string of the molecule is Cc1ccc2c(c1)[C@](Cc1ccc(Br)cc1)([C@H]1CC(=O)N(c3ccc(C(C)(C)C)cc3)C1=O)C(=O)N2Cc1ccccc1. The van der Waals surface area contributed by atoms with Gasteiger partial charge in [-0.05, 0) is 71.3 Å². The molecule has 0 bridgehead atoms. The molecule has 1 saturated heterocycles. The minimum Gasteiger partial charge on any atom is -0.307 e. The molecule has 0 spiro atoms. The number of nitrogens with zero attached hydrogens (tertiary/aromatic N) is 2. The summed E-state index contributed by atoms with van der Waals surface area (Å²) in [5.41, 5.74) is 4.89. The first kappa shape index (κ1) is 29.1.